The first-order valence-electron chi connectivity index (χ1n) is 5.93. The van der Waals surface area contributed by atoms with Crippen LogP contribution in [-0.2, 0) is 11.2 Å². The molecule has 0 aromatic heterocycles. The van der Waals surface area contributed by atoms with Crippen molar-refractivity contribution in [1.82, 2.24) is 4.90 Å². The number of nitrogens with two attached hydrogens (primary N) is 1. The van der Waals surface area contributed by atoms with Crippen LogP contribution in [0.1, 0.15) is 18.4 Å². The van der Waals surface area contributed by atoms with Crippen molar-refractivity contribution < 1.29 is 4.79 Å². The average molecular weight is 334 g/mol. The summed E-state index contributed by atoms with van der Waals surface area (Å²) in [6.45, 7) is 1.60. The summed E-state index contributed by atoms with van der Waals surface area (Å²) in [5.41, 5.74) is 6.88. The lowest BCUT2D eigenvalue weighted by atomic mass is 10.0. The molecule has 2 N–H and O–H groups in total. The fourth-order valence-electron chi connectivity index (χ4n) is 2.08. The number of amides is 1. The van der Waals surface area contributed by atoms with Gasteiger partial charge in [0.15, 0.2) is 0 Å². The van der Waals surface area contributed by atoms with Gasteiger partial charge in [-0.15, -0.1) is 12.4 Å². The van der Waals surface area contributed by atoms with E-state index in [1.54, 1.807) is 0 Å². The first kappa shape index (κ1) is 15.5. The normalized spacial score (nSPS) is 16.2. The van der Waals surface area contributed by atoms with Crippen LogP contribution in [0, 0.1) is 0 Å². The van der Waals surface area contributed by atoms with Gasteiger partial charge >= 0.3 is 0 Å². The molecule has 1 aromatic rings. The van der Waals surface area contributed by atoms with Crippen molar-refractivity contribution in [2.24, 2.45) is 5.73 Å². The van der Waals surface area contributed by atoms with E-state index in [0.717, 1.165) is 36.0 Å². The summed E-state index contributed by atoms with van der Waals surface area (Å²) in [5.74, 6) is 0.204. The highest BCUT2D eigenvalue weighted by molar-refractivity contribution is 9.10. The lowest BCUT2D eigenvalue weighted by Gasteiger charge is -2.30. The van der Waals surface area contributed by atoms with Crippen LogP contribution < -0.4 is 5.73 Å². The Kier molecular flexibility index (Phi) is 6.12. The third-order valence-electron chi connectivity index (χ3n) is 3.14. The molecule has 2 rings (SSSR count). The summed E-state index contributed by atoms with van der Waals surface area (Å²) >= 11 is 3.41. The quantitative estimate of drug-likeness (QED) is 0.903. The van der Waals surface area contributed by atoms with Gasteiger partial charge in [0, 0.05) is 23.6 Å². The predicted octanol–water partition coefficient (Wildman–Crippen LogP) is 2.36. The summed E-state index contributed by atoms with van der Waals surface area (Å²) in [7, 11) is 0. The van der Waals surface area contributed by atoms with E-state index in [1.165, 1.54) is 0 Å². The number of benzene rings is 1. The fraction of sp³-hybridized carbons (Fsp3) is 0.462. The molecule has 0 spiro atoms. The molecule has 0 radical (unpaired) electrons. The zero-order valence-electron chi connectivity index (χ0n) is 10.1. The zero-order valence-corrected chi connectivity index (χ0v) is 12.5. The molecule has 0 atom stereocenters. The number of rotatable bonds is 2. The smallest absolute Gasteiger partial charge is 0.226 e. The number of carbonyl (C=O) groups excluding carboxylic acids is 1. The summed E-state index contributed by atoms with van der Waals surface area (Å²) < 4.78 is 1.02. The third-order valence-corrected chi connectivity index (χ3v) is 3.63. The van der Waals surface area contributed by atoms with Crippen LogP contribution in [0.5, 0.6) is 0 Å². The van der Waals surface area contributed by atoms with E-state index in [-0.39, 0.29) is 24.4 Å². The Hall–Kier alpha value is -0.580. The second-order valence-electron chi connectivity index (χ2n) is 4.52. The SMILES string of the molecule is Cl.NC1CCN(C(=O)Cc2cccc(Br)c2)CC1. The topological polar surface area (TPSA) is 46.3 Å². The maximum Gasteiger partial charge on any atom is 0.226 e. The molecular formula is C13H18BrClN2O. The average Bonchev–Trinajstić information content (AvgIpc) is 2.29. The van der Waals surface area contributed by atoms with Gasteiger partial charge in [0.25, 0.3) is 0 Å². The molecule has 1 aliphatic rings. The van der Waals surface area contributed by atoms with Crippen molar-refractivity contribution in [3.05, 3.63) is 34.3 Å². The summed E-state index contributed by atoms with van der Waals surface area (Å²) in [4.78, 5) is 14.0. The number of piperidine rings is 1. The van der Waals surface area contributed by atoms with Crippen LogP contribution in [0.15, 0.2) is 28.7 Å². The van der Waals surface area contributed by atoms with Gasteiger partial charge in [0.1, 0.15) is 0 Å². The van der Waals surface area contributed by atoms with Gasteiger partial charge in [-0.3, -0.25) is 4.79 Å². The van der Waals surface area contributed by atoms with Gasteiger partial charge in [0.2, 0.25) is 5.91 Å². The van der Waals surface area contributed by atoms with Crippen molar-refractivity contribution in [3.8, 4) is 0 Å². The molecule has 1 saturated heterocycles. The highest BCUT2D eigenvalue weighted by Crippen LogP contribution is 2.14. The van der Waals surface area contributed by atoms with Crippen molar-refractivity contribution in [2.45, 2.75) is 25.3 Å². The number of hydrogen-bond donors (Lipinski definition) is 1. The molecule has 1 heterocycles. The van der Waals surface area contributed by atoms with Crippen molar-refractivity contribution in [3.63, 3.8) is 0 Å². The molecule has 100 valence electrons. The Balaban J connectivity index is 0.00000162. The second kappa shape index (κ2) is 7.12. The lowest BCUT2D eigenvalue weighted by Crippen LogP contribution is -2.43. The number of hydrogen-bond acceptors (Lipinski definition) is 2. The van der Waals surface area contributed by atoms with Crippen LogP contribution in [0.25, 0.3) is 0 Å². The Morgan fingerprint density at radius 3 is 2.67 bits per heavy atom. The minimum atomic E-state index is 0. The van der Waals surface area contributed by atoms with Gasteiger partial charge in [0.05, 0.1) is 6.42 Å². The van der Waals surface area contributed by atoms with Crippen LogP contribution in [0.4, 0.5) is 0 Å². The largest absolute Gasteiger partial charge is 0.342 e. The highest BCUT2D eigenvalue weighted by atomic mass is 79.9. The van der Waals surface area contributed by atoms with E-state index < -0.39 is 0 Å². The van der Waals surface area contributed by atoms with Gasteiger partial charge in [-0.2, -0.15) is 0 Å². The Morgan fingerprint density at radius 2 is 2.06 bits per heavy atom. The zero-order chi connectivity index (χ0) is 12.3. The summed E-state index contributed by atoms with van der Waals surface area (Å²) in [6.07, 6.45) is 2.32. The molecule has 0 unspecified atom stereocenters. The van der Waals surface area contributed by atoms with Gasteiger partial charge in [-0.25, -0.2) is 0 Å². The van der Waals surface area contributed by atoms with E-state index in [9.17, 15) is 4.79 Å². The number of likely N-dealkylation sites (tertiary alicyclic amines) is 1. The Bertz CT molecular complexity index is 406. The van der Waals surface area contributed by atoms with Gasteiger partial charge in [-0.05, 0) is 30.5 Å². The maximum absolute atomic E-state index is 12.1. The molecule has 1 aromatic carbocycles. The number of halogens is 2. The Labute approximate surface area is 122 Å². The molecule has 0 aliphatic carbocycles. The minimum absolute atomic E-state index is 0. The van der Waals surface area contributed by atoms with E-state index in [1.807, 2.05) is 29.2 Å². The monoisotopic (exact) mass is 332 g/mol. The van der Waals surface area contributed by atoms with Crippen molar-refractivity contribution >= 4 is 34.2 Å². The van der Waals surface area contributed by atoms with E-state index in [4.69, 9.17) is 5.73 Å². The maximum atomic E-state index is 12.1. The molecule has 1 fully saturated rings. The molecule has 1 amide bonds. The van der Waals surface area contributed by atoms with Crippen LogP contribution in [-0.4, -0.2) is 29.9 Å². The predicted molar refractivity (Wildman–Crippen MR) is 78.9 cm³/mol. The molecular weight excluding hydrogens is 316 g/mol. The molecule has 0 bridgehead atoms. The van der Waals surface area contributed by atoms with Gasteiger partial charge < -0.3 is 10.6 Å². The van der Waals surface area contributed by atoms with Crippen molar-refractivity contribution in [1.29, 1.82) is 0 Å². The van der Waals surface area contributed by atoms with Crippen LogP contribution >= 0.6 is 28.3 Å². The van der Waals surface area contributed by atoms with Crippen molar-refractivity contribution in [2.75, 3.05) is 13.1 Å². The summed E-state index contributed by atoms with van der Waals surface area (Å²) in [5, 5.41) is 0. The van der Waals surface area contributed by atoms with Gasteiger partial charge in [-0.1, -0.05) is 28.1 Å². The molecule has 1 aliphatic heterocycles. The van der Waals surface area contributed by atoms with E-state index in [0.29, 0.717) is 6.42 Å². The van der Waals surface area contributed by atoms with Crippen LogP contribution in [0.3, 0.4) is 0 Å². The molecule has 0 saturated carbocycles. The Morgan fingerprint density at radius 1 is 1.39 bits per heavy atom. The highest BCUT2D eigenvalue weighted by Gasteiger charge is 2.20. The second-order valence-corrected chi connectivity index (χ2v) is 5.44. The fourth-order valence-corrected chi connectivity index (χ4v) is 2.53. The van der Waals surface area contributed by atoms with Crippen LogP contribution in [0.2, 0.25) is 0 Å². The number of carbonyl (C=O) groups is 1. The molecule has 5 heteroatoms. The standard InChI is InChI=1S/C13H17BrN2O.ClH/c14-11-3-1-2-10(8-11)9-13(17)16-6-4-12(15)5-7-16;/h1-3,8,12H,4-7,9,15H2;1H. The number of nitrogens with zero attached hydrogens (tertiary/aromatic N) is 1. The lowest BCUT2D eigenvalue weighted by molar-refractivity contribution is -0.131. The third kappa shape index (κ3) is 4.26. The summed E-state index contributed by atoms with van der Waals surface area (Å²) in [6, 6.07) is 8.17. The van der Waals surface area contributed by atoms with E-state index >= 15 is 0 Å². The molecule has 3 nitrogen and oxygen atoms in total. The first-order valence-corrected chi connectivity index (χ1v) is 6.72. The molecule has 18 heavy (non-hydrogen) atoms. The first-order chi connectivity index (χ1) is 8.15. The minimum Gasteiger partial charge on any atom is -0.342 e. The van der Waals surface area contributed by atoms with E-state index in [2.05, 4.69) is 15.9 Å².